The first-order chi connectivity index (χ1) is 11.1. The van der Waals surface area contributed by atoms with Crippen LogP contribution in [0.15, 0.2) is 58.3 Å². The molecule has 10 heteroatoms. The van der Waals surface area contributed by atoms with Crippen molar-refractivity contribution >= 4 is 35.4 Å². The lowest BCUT2D eigenvalue weighted by molar-refractivity contribution is 0.597. The summed E-state index contributed by atoms with van der Waals surface area (Å²) in [6, 6.07) is 11.8. The van der Waals surface area contributed by atoms with Gasteiger partial charge in [-0.25, -0.2) is 26.8 Å². The highest BCUT2D eigenvalue weighted by Crippen LogP contribution is 2.20. The van der Waals surface area contributed by atoms with Gasteiger partial charge in [-0.2, -0.15) is 0 Å². The van der Waals surface area contributed by atoms with Gasteiger partial charge < -0.3 is 5.73 Å². The third kappa shape index (κ3) is 8.42. The van der Waals surface area contributed by atoms with Crippen molar-refractivity contribution in [1.29, 1.82) is 0 Å². The van der Waals surface area contributed by atoms with Crippen molar-refractivity contribution in [3.05, 3.63) is 65.5 Å². The van der Waals surface area contributed by atoms with E-state index in [-0.39, 0.29) is 30.3 Å². The van der Waals surface area contributed by atoms with E-state index in [1.165, 1.54) is 36.4 Å². The minimum atomic E-state index is -3.71. The lowest BCUT2D eigenvalue weighted by atomic mass is 10.2. The summed E-state index contributed by atoms with van der Waals surface area (Å²) in [4.78, 5) is 3.13. The fraction of sp³-hybridized carbons (Fsp3) is 0.188. The van der Waals surface area contributed by atoms with E-state index in [1.807, 2.05) is 0 Å². The number of nitrogens with zero attached hydrogens (tertiary/aromatic N) is 1. The van der Waals surface area contributed by atoms with E-state index in [9.17, 15) is 16.8 Å². The van der Waals surface area contributed by atoms with Crippen LogP contribution in [-0.4, -0.2) is 16.8 Å². The lowest BCUT2D eigenvalue weighted by Gasteiger charge is -1.99. The number of rotatable bonds is 3. The smallest absolute Gasteiger partial charge is 0.260 e. The first-order valence-electron chi connectivity index (χ1n) is 6.32. The number of nitrogens with two attached hydrogens (primary N) is 2. The van der Waals surface area contributed by atoms with Crippen LogP contribution in [0, 0.1) is 6.57 Å². The molecule has 2 rings (SSSR count). The van der Waals surface area contributed by atoms with Gasteiger partial charge in [0.1, 0.15) is 0 Å². The van der Waals surface area contributed by atoms with E-state index in [4.69, 9.17) is 28.1 Å². The van der Waals surface area contributed by atoms with Crippen molar-refractivity contribution in [2.24, 2.45) is 10.9 Å². The van der Waals surface area contributed by atoms with E-state index in [0.29, 0.717) is 6.54 Å². The van der Waals surface area contributed by atoms with Gasteiger partial charge in [-0.3, -0.25) is 0 Å². The quantitative estimate of drug-likeness (QED) is 0.583. The van der Waals surface area contributed by atoms with Crippen LogP contribution in [0.4, 0.5) is 5.69 Å². The second-order valence-electron chi connectivity index (χ2n) is 4.44. The molecule has 144 valence electrons. The van der Waals surface area contributed by atoms with Gasteiger partial charge >= 0.3 is 0 Å². The Bertz CT molecular complexity index is 969. The maximum absolute atomic E-state index is 10.8. The molecular weight excluding hydrogens is 398 g/mol. The van der Waals surface area contributed by atoms with Crippen LogP contribution in [0.25, 0.3) is 4.85 Å². The fourth-order valence-corrected chi connectivity index (χ4v) is 2.93. The van der Waals surface area contributed by atoms with E-state index < -0.39 is 19.1 Å². The van der Waals surface area contributed by atoms with Gasteiger partial charge in [0.25, 0.3) is 9.05 Å². The molecule has 0 fully saturated rings. The van der Waals surface area contributed by atoms with Crippen molar-refractivity contribution in [2.75, 3.05) is 0 Å². The summed E-state index contributed by atoms with van der Waals surface area (Å²) in [6.45, 7) is 6.94. The monoisotopic (exact) mass is 419 g/mol. The van der Waals surface area contributed by atoms with E-state index in [1.54, 1.807) is 12.1 Å². The topological polar surface area (TPSA) is 125 Å². The van der Waals surface area contributed by atoms with E-state index in [0.717, 1.165) is 5.56 Å². The molecule has 0 aliphatic heterocycles. The normalized spacial score (nSPS) is 10.2. The molecule has 0 aliphatic carbocycles. The van der Waals surface area contributed by atoms with Gasteiger partial charge in [0.2, 0.25) is 10.0 Å². The standard InChI is InChI=1S/C7H4ClNO2S.C7H10N2O2S.2CH4/c1-9-6-3-2-4-7(5-6)12(8,10)11;8-5-6-2-1-3-7(4-6)12(9,10)11;;/h2-5H;1-4H,5,8H2,(H2,9,10,11);2*1H4. The van der Waals surface area contributed by atoms with Crippen molar-refractivity contribution < 1.29 is 16.8 Å². The Morgan fingerprint density at radius 1 is 0.962 bits per heavy atom. The number of sulfonamides is 1. The van der Waals surface area contributed by atoms with Crippen molar-refractivity contribution in [1.82, 2.24) is 0 Å². The Hall–Kier alpha value is -1.96. The van der Waals surface area contributed by atoms with Crippen LogP contribution < -0.4 is 10.9 Å². The number of halogens is 1. The molecule has 26 heavy (non-hydrogen) atoms. The molecule has 0 aromatic heterocycles. The summed E-state index contributed by atoms with van der Waals surface area (Å²) < 4.78 is 43.2. The molecule has 0 radical (unpaired) electrons. The molecular formula is C16H22ClN3O4S2. The average Bonchev–Trinajstić information content (AvgIpc) is 2.54. The molecule has 0 bridgehead atoms. The van der Waals surface area contributed by atoms with Gasteiger partial charge in [0, 0.05) is 17.2 Å². The average molecular weight is 420 g/mol. The van der Waals surface area contributed by atoms with Crippen molar-refractivity contribution in [3.8, 4) is 0 Å². The highest BCUT2D eigenvalue weighted by Gasteiger charge is 2.09. The molecule has 2 aromatic rings. The summed E-state index contributed by atoms with van der Waals surface area (Å²) in [5.41, 5.74) is 6.34. The maximum Gasteiger partial charge on any atom is 0.260 e. The molecule has 0 heterocycles. The van der Waals surface area contributed by atoms with Gasteiger partial charge in [-0.05, 0) is 29.8 Å². The minimum Gasteiger partial charge on any atom is -0.326 e. The summed E-state index contributed by atoms with van der Waals surface area (Å²) in [6.07, 6.45) is 0. The van der Waals surface area contributed by atoms with Gasteiger partial charge in [-0.15, -0.1) is 0 Å². The van der Waals surface area contributed by atoms with Crippen LogP contribution in [0.1, 0.15) is 20.4 Å². The number of benzene rings is 2. The van der Waals surface area contributed by atoms with Crippen molar-refractivity contribution in [3.63, 3.8) is 0 Å². The molecule has 7 nitrogen and oxygen atoms in total. The van der Waals surface area contributed by atoms with Gasteiger partial charge in [-0.1, -0.05) is 39.1 Å². The second-order valence-corrected chi connectivity index (χ2v) is 8.57. The molecule has 0 atom stereocenters. The van der Waals surface area contributed by atoms with Crippen LogP contribution in [-0.2, 0) is 25.6 Å². The van der Waals surface area contributed by atoms with Crippen LogP contribution in [0.3, 0.4) is 0 Å². The Labute approximate surface area is 159 Å². The van der Waals surface area contributed by atoms with E-state index in [2.05, 4.69) is 4.85 Å². The maximum atomic E-state index is 10.8. The largest absolute Gasteiger partial charge is 0.326 e. The summed E-state index contributed by atoms with van der Waals surface area (Å²) in [7, 11) is -2.24. The Kier molecular flexibility index (Phi) is 11.0. The molecule has 0 spiro atoms. The zero-order valence-electron chi connectivity index (χ0n) is 12.3. The highest BCUT2D eigenvalue weighted by molar-refractivity contribution is 8.13. The Morgan fingerprint density at radius 3 is 1.96 bits per heavy atom. The zero-order chi connectivity index (χ0) is 18.4. The van der Waals surface area contributed by atoms with Crippen molar-refractivity contribution in [2.45, 2.75) is 31.2 Å². The minimum absolute atomic E-state index is 0. The zero-order valence-corrected chi connectivity index (χ0v) is 14.6. The lowest BCUT2D eigenvalue weighted by Crippen LogP contribution is -2.12. The third-order valence-corrected chi connectivity index (χ3v) is 4.95. The SMILES string of the molecule is C.C.NCc1cccc(S(N)(=O)=O)c1.[C-]#[N+]c1cccc(S(=O)(=O)Cl)c1. The Morgan fingerprint density at radius 2 is 1.50 bits per heavy atom. The van der Waals surface area contributed by atoms with Crippen LogP contribution in [0.5, 0.6) is 0 Å². The second kappa shape index (κ2) is 10.9. The predicted molar refractivity (Wildman–Crippen MR) is 105 cm³/mol. The summed E-state index contributed by atoms with van der Waals surface area (Å²) in [5.74, 6) is 0. The third-order valence-electron chi connectivity index (χ3n) is 2.69. The summed E-state index contributed by atoms with van der Waals surface area (Å²) in [5, 5.41) is 4.91. The first-order valence-corrected chi connectivity index (χ1v) is 10.2. The molecule has 0 unspecified atom stereocenters. The fourth-order valence-electron chi connectivity index (χ4n) is 1.55. The first kappa shape index (κ1) is 26.3. The number of primary sulfonamides is 1. The Balaban J connectivity index is 0. The molecule has 0 aliphatic rings. The number of hydrogen-bond donors (Lipinski definition) is 2. The van der Waals surface area contributed by atoms with Crippen LogP contribution in [0.2, 0.25) is 0 Å². The molecule has 0 saturated carbocycles. The van der Waals surface area contributed by atoms with Crippen LogP contribution >= 0.6 is 10.7 Å². The van der Waals surface area contributed by atoms with Gasteiger partial charge in [0.15, 0.2) is 5.69 Å². The molecule has 4 N–H and O–H groups in total. The van der Waals surface area contributed by atoms with Gasteiger partial charge in [0.05, 0.1) is 16.4 Å². The highest BCUT2D eigenvalue weighted by atomic mass is 35.7. The van der Waals surface area contributed by atoms with E-state index >= 15 is 0 Å². The molecule has 0 amide bonds. The molecule has 2 aromatic carbocycles. The number of hydrogen-bond acceptors (Lipinski definition) is 5. The summed E-state index contributed by atoms with van der Waals surface area (Å²) >= 11 is 0. The predicted octanol–water partition coefficient (Wildman–Crippen LogP) is 3.23. The molecule has 0 saturated heterocycles.